The number of nitrogens with one attached hydrogen (secondary N) is 1. The highest BCUT2D eigenvalue weighted by Gasteiger charge is 2.48. The fourth-order valence-corrected chi connectivity index (χ4v) is 3.14. The van der Waals surface area contributed by atoms with Crippen LogP contribution in [-0.4, -0.2) is 17.6 Å². The summed E-state index contributed by atoms with van der Waals surface area (Å²) in [5, 5.41) is 3.47. The summed E-state index contributed by atoms with van der Waals surface area (Å²) in [5.74, 6) is -0.0615. The minimum Gasteiger partial charge on any atom is -0.459 e. The third-order valence-corrected chi connectivity index (χ3v) is 4.16. The Morgan fingerprint density at radius 3 is 2.94 bits per heavy atom. The van der Waals surface area contributed by atoms with Gasteiger partial charge in [0.05, 0.1) is 0 Å². The zero-order chi connectivity index (χ0) is 12.4. The summed E-state index contributed by atoms with van der Waals surface area (Å²) in [5.41, 5.74) is 0.671. The quantitative estimate of drug-likeness (QED) is 0.831. The molecule has 2 bridgehead atoms. The summed E-state index contributed by atoms with van der Waals surface area (Å²) in [6, 6.07) is 10.4. The Morgan fingerprint density at radius 2 is 2.11 bits per heavy atom. The Labute approximate surface area is 108 Å². The lowest BCUT2D eigenvalue weighted by Gasteiger charge is -2.32. The fourth-order valence-electron chi connectivity index (χ4n) is 3.14. The third kappa shape index (κ3) is 2.15. The minimum atomic E-state index is -0.377. The molecule has 96 valence electrons. The van der Waals surface area contributed by atoms with E-state index in [2.05, 4.69) is 5.32 Å². The summed E-state index contributed by atoms with van der Waals surface area (Å²) in [6.07, 6.45) is 5.31. The first-order valence-corrected chi connectivity index (χ1v) is 6.77. The SMILES string of the molecule is O=C(OCc1ccccc1)C12CCCC(CC1)N2. The summed E-state index contributed by atoms with van der Waals surface area (Å²) >= 11 is 0. The lowest BCUT2D eigenvalue weighted by molar-refractivity contribution is -0.153. The number of rotatable bonds is 3. The van der Waals surface area contributed by atoms with Gasteiger partial charge >= 0.3 is 5.97 Å². The van der Waals surface area contributed by atoms with Crippen molar-refractivity contribution in [2.45, 2.75) is 50.3 Å². The highest BCUT2D eigenvalue weighted by Crippen LogP contribution is 2.36. The van der Waals surface area contributed by atoms with Crippen LogP contribution >= 0.6 is 0 Å². The van der Waals surface area contributed by atoms with Gasteiger partial charge in [-0.05, 0) is 37.7 Å². The molecule has 3 rings (SSSR count). The van der Waals surface area contributed by atoms with Gasteiger partial charge in [0.15, 0.2) is 0 Å². The summed E-state index contributed by atoms with van der Waals surface area (Å²) < 4.78 is 5.49. The van der Waals surface area contributed by atoms with Gasteiger partial charge in [0, 0.05) is 6.04 Å². The van der Waals surface area contributed by atoms with E-state index in [9.17, 15) is 4.79 Å². The molecule has 0 saturated carbocycles. The molecular weight excluding hydrogens is 226 g/mol. The van der Waals surface area contributed by atoms with Crippen molar-refractivity contribution in [1.29, 1.82) is 0 Å². The predicted molar refractivity (Wildman–Crippen MR) is 69.0 cm³/mol. The van der Waals surface area contributed by atoms with Crippen LogP contribution in [0.2, 0.25) is 0 Å². The first-order chi connectivity index (χ1) is 8.78. The smallest absolute Gasteiger partial charge is 0.326 e. The van der Waals surface area contributed by atoms with E-state index in [4.69, 9.17) is 4.74 Å². The van der Waals surface area contributed by atoms with Crippen LogP contribution in [0, 0.1) is 0 Å². The number of carbonyl (C=O) groups is 1. The topological polar surface area (TPSA) is 38.3 Å². The molecule has 1 aromatic carbocycles. The van der Waals surface area contributed by atoms with E-state index in [1.54, 1.807) is 0 Å². The highest BCUT2D eigenvalue weighted by molar-refractivity contribution is 5.81. The molecule has 2 unspecified atom stereocenters. The number of hydrogen-bond acceptors (Lipinski definition) is 3. The summed E-state index contributed by atoms with van der Waals surface area (Å²) in [7, 11) is 0. The van der Waals surface area contributed by atoms with E-state index in [1.165, 1.54) is 6.42 Å². The molecule has 3 nitrogen and oxygen atoms in total. The van der Waals surface area contributed by atoms with Crippen LogP contribution in [0.1, 0.15) is 37.7 Å². The van der Waals surface area contributed by atoms with Crippen molar-refractivity contribution >= 4 is 5.97 Å². The molecule has 2 atom stereocenters. The Kier molecular flexibility index (Phi) is 3.08. The maximum absolute atomic E-state index is 12.3. The van der Waals surface area contributed by atoms with Crippen LogP contribution < -0.4 is 5.32 Å². The molecular formula is C15H19NO2. The van der Waals surface area contributed by atoms with E-state index in [-0.39, 0.29) is 11.5 Å². The molecule has 2 aliphatic heterocycles. The van der Waals surface area contributed by atoms with E-state index >= 15 is 0 Å². The van der Waals surface area contributed by atoms with Crippen LogP contribution in [0.5, 0.6) is 0 Å². The molecule has 2 saturated heterocycles. The fraction of sp³-hybridized carbons (Fsp3) is 0.533. The number of piperidine rings is 1. The van der Waals surface area contributed by atoms with Crippen molar-refractivity contribution in [3.63, 3.8) is 0 Å². The Balaban J connectivity index is 1.62. The molecule has 0 amide bonds. The van der Waals surface area contributed by atoms with Crippen LogP contribution in [0.15, 0.2) is 30.3 Å². The third-order valence-electron chi connectivity index (χ3n) is 4.16. The molecule has 2 fully saturated rings. The van der Waals surface area contributed by atoms with Gasteiger partial charge < -0.3 is 4.74 Å². The van der Waals surface area contributed by atoms with Crippen molar-refractivity contribution in [3.05, 3.63) is 35.9 Å². The first kappa shape index (κ1) is 11.7. The second-order valence-electron chi connectivity index (χ2n) is 5.42. The van der Waals surface area contributed by atoms with Crippen LogP contribution in [0.3, 0.4) is 0 Å². The molecule has 0 aromatic heterocycles. The van der Waals surface area contributed by atoms with Crippen LogP contribution in [-0.2, 0) is 16.1 Å². The molecule has 1 aromatic rings. The molecule has 2 aliphatic rings. The second-order valence-corrected chi connectivity index (χ2v) is 5.42. The van der Waals surface area contributed by atoms with Crippen LogP contribution in [0.25, 0.3) is 0 Å². The number of carbonyl (C=O) groups excluding carboxylic acids is 1. The normalized spacial score (nSPS) is 30.1. The number of ether oxygens (including phenoxy) is 1. The van der Waals surface area contributed by atoms with E-state index in [0.717, 1.165) is 31.2 Å². The standard InChI is InChI=1S/C15H19NO2/c17-14(18-11-12-5-2-1-3-6-12)15-9-4-7-13(16-15)8-10-15/h1-3,5-6,13,16H,4,7-11H2. The Hall–Kier alpha value is -1.35. The number of fused-ring (bicyclic) bond motifs is 2. The van der Waals surface area contributed by atoms with Crippen molar-refractivity contribution in [1.82, 2.24) is 5.32 Å². The average molecular weight is 245 g/mol. The first-order valence-electron chi connectivity index (χ1n) is 6.77. The van der Waals surface area contributed by atoms with E-state index in [0.29, 0.717) is 12.6 Å². The number of esters is 1. The monoisotopic (exact) mass is 245 g/mol. The molecule has 2 heterocycles. The Bertz CT molecular complexity index is 427. The van der Waals surface area contributed by atoms with E-state index < -0.39 is 0 Å². The minimum absolute atomic E-state index is 0.0615. The van der Waals surface area contributed by atoms with Gasteiger partial charge in [0.1, 0.15) is 12.1 Å². The van der Waals surface area contributed by atoms with E-state index in [1.807, 2.05) is 30.3 Å². The van der Waals surface area contributed by atoms with Crippen molar-refractivity contribution in [2.24, 2.45) is 0 Å². The molecule has 1 N–H and O–H groups in total. The predicted octanol–water partition coefficient (Wildman–Crippen LogP) is 2.40. The van der Waals surface area contributed by atoms with Crippen molar-refractivity contribution in [2.75, 3.05) is 0 Å². The number of benzene rings is 1. The van der Waals surface area contributed by atoms with Gasteiger partial charge in [-0.1, -0.05) is 30.3 Å². The zero-order valence-corrected chi connectivity index (χ0v) is 10.5. The zero-order valence-electron chi connectivity index (χ0n) is 10.5. The molecule has 0 spiro atoms. The summed E-state index contributed by atoms with van der Waals surface area (Å²) in [6.45, 7) is 0.383. The molecule has 3 heteroatoms. The maximum Gasteiger partial charge on any atom is 0.326 e. The van der Waals surface area contributed by atoms with Gasteiger partial charge in [-0.2, -0.15) is 0 Å². The summed E-state index contributed by atoms with van der Waals surface area (Å²) in [4.78, 5) is 12.3. The largest absolute Gasteiger partial charge is 0.459 e. The van der Waals surface area contributed by atoms with Gasteiger partial charge in [-0.15, -0.1) is 0 Å². The molecule has 0 radical (unpaired) electrons. The lowest BCUT2D eigenvalue weighted by atomic mass is 9.91. The lowest BCUT2D eigenvalue weighted by Crippen LogP contribution is -2.53. The van der Waals surface area contributed by atoms with Crippen molar-refractivity contribution < 1.29 is 9.53 Å². The van der Waals surface area contributed by atoms with Gasteiger partial charge in [-0.25, -0.2) is 0 Å². The van der Waals surface area contributed by atoms with Gasteiger partial charge in [0.25, 0.3) is 0 Å². The molecule has 0 aliphatic carbocycles. The second kappa shape index (κ2) is 4.73. The highest BCUT2D eigenvalue weighted by atomic mass is 16.5. The molecule has 18 heavy (non-hydrogen) atoms. The van der Waals surface area contributed by atoms with Crippen LogP contribution in [0.4, 0.5) is 0 Å². The average Bonchev–Trinajstić information content (AvgIpc) is 2.73. The van der Waals surface area contributed by atoms with Gasteiger partial charge in [0.2, 0.25) is 0 Å². The maximum atomic E-state index is 12.3. The number of hydrogen-bond donors (Lipinski definition) is 1. The van der Waals surface area contributed by atoms with Gasteiger partial charge in [-0.3, -0.25) is 10.1 Å². The van der Waals surface area contributed by atoms with Crippen molar-refractivity contribution in [3.8, 4) is 0 Å². The Morgan fingerprint density at radius 1 is 1.28 bits per heavy atom.